The van der Waals surface area contributed by atoms with Gasteiger partial charge < -0.3 is 10.1 Å². The summed E-state index contributed by atoms with van der Waals surface area (Å²) in [6.45, 7) is -0.146. The van der Waals surface area contributed by atoms with Crippen LogP contribution in [0.2, 0.25) is 0 Å². The molecule has 0 aliphatic rings. The number of hydrogen-bond donors (Lipinski definition) is 1. The van der Waals surface area contributed by atoms with Crippen molar-refractivity contribution in [2.45, 2.75) is 6.04 Å². The molecule has 0 aliphatic carbocycles. The van der Waals surface area contributed by atoms with Gasteiger partial charge in [-0.15, -0.1) is 11.3 Å². The monoisotopic (exact) mass is 451 g/mol. The predicted octanol–water partition coefficient (Wildman–Crippen LogP) is 5.64. The molecule has 5 nitrogen and oxygen atoms in total. The smallest absolute Gasteiger partial charge is 0.258 e. The second kappa shape index (κ2) is 9.63. The second-order valence-electron chi connectivity index (χ2n) is 7.48. The number of benzene rings is 3. The van der Waals surface area contributed by atoms with E-state index in [2.05, 4.69) is 15.3 Å². The van der Waals surface area contributed by atoms with Crippen molar-refractivity contribution < 1.29 is 9.53 Å². The molecule has 0 radical (unpaired) electrons. The minimum absolute atomic E-state index is 0.146. The Bertz CT molecular complexity index is 1320. The quantitative estimate of drug-likeness (QED) is 0.348. The third-order valence-electron chi connectivity index (χ3n) is 5.33. The van der Waals surface area contributed by atoms with Crippen LogP contribution in [0.15, 0.2) is 103 Å². The maximum absolute atomic E-state index is 12.9. The zero-order chi connectivity index (χ0) is 22.5. The van der Waals surface area contributed by atoms with Crippen LogP contribution in [-0.4, -0.2) is 22.5 Å². The fraction of sp³-hybridized carbons (Fsp3) is 0.0741. The number of hydrogen-bond acceptors (Lipinski definition) is 5. The molecule has 0 saturated carbocycles. The number of fused-ring (bicyclic) bond motifs is 1. The van der Waals surface area contributed by atoms with Gasteiger partial charge in [-0.2, -0.15) is 0 Å². The maximum atomic E-state index is 12.9. The zero-order valence-electron chi connectivity index (χ0n) is 17.7. The molecule has 3 aromatic carbocycles. The van der Waals surface area contributed by atoms with Gasteiger partial charge in [0.1, 0.15) is 11.2 Å². The molecule has 1 N–H and O–H groups in total. The molecule has 0 fully saturated rings. The lowest BCUT2D eigenvalue weighted by Gasteiger charge is -2.20. The highest BCUT2D eigenvalue weighted by atomic mass is 32.1. The summed E-state index contributed by atoms with van der Waals surface area (Å²) in [6.07, 6.45) is 1.47. The molecule has 0 unspecified atom stereocenters. The highest BCUT2D eigenvalue weighted by Crippen LogP contribution is 2.37. The normalized spacial score (nSPS) is 10.9. The summed E-state index contributed by atoms with van der Waals surface area (Å²) < 4.78 is 5.92. The molecular weight excluding hydrogens is 430 g/mol. The molecule has 5 aromatic rings. The average molecular weight is 452 g/mol. The number of aromatic nitrogens is 2. The predicted molar refractivity (Wildman–Crippen MR) is 131 cm³/mol. The van der Waals surface area contributed by atoms with Crippen LogP contribution in [-0.2, 0) is 4.79 Å². The third-order valence-corrected chi connectivity index (χ3v) is 6.22. The molecule has 0 saturated heterocycles. The first-order valence-corrected chi connectivity index (χ1v) is 11.5. The number of thiophene rings is 1. The van der Waals surface area contributed by atoms with Crippen LogP contribution < -0.4 is 10.1 Å². The van der Waals surface area contributed by atoms with Crippen molar-refractivity contribution in [3.05, 3.63) is 114 Å². The molecule has 1 amide bonds. The number of rotatable bonds is 7. The van der Waals surface area contributed by atoms with Crippen molar-refractivity contribution >= 4 is 27.5 Å². The van der Waals surface area contributed by atoms with E-state index in [1.54, 1.807) is 0 Å². The average Bonchev–Trinajstić information content (AvgIpc) is 3.32. The topological polar surface area (TPSA) is 64.1 Å². The Kier molecular flexibility index (Phi) is 6.08. The minimum atomic E-state index is -0.269. The number of amides is 1. The number of carbonyl (C=O) groups excluding carboxylic acids is 1. The SMILES string of the molecule is O=C(COc1ncnc2scc(-c3ccccc3)c12)NC(c1ccccc1)c1ccccc1. The lowest BCUT2D eigenvalue weighted by Crippen LogP contribution is -2.33. The Balaban J connectivity index is 1.37. The fourth-order valence-corrected chi connectivity index (χ4v) is 4.68. The molecule has 0 aliphatic heterocycles. The lowest BCUT2D eigenvalue weighted by molar-refractivity contribution is -0.123. The zero-order valence-corrected chi connectivity index (χ0v) is 18.5. The number of carbonyl (C=O) groups is 1. The van der Waals surface area contributed by atoms with E-state index in [1.807, 2.05) is 96.4 Å². The Morgan fingerprint density at radius 3 is 2.09 bits per heavy atom. The van der Waals surface area contributed by atoms with Crippen molar-refractivity contribution in [3.63, 3.8) is 0 Å². The van der Waals surface area contributed by atoms with E-state index in [0.717, 1.165) is 32.5 Å². The van der Waals surface area contributed by atoms with Gasteiger partial charge in [-0.1, -0.05) is 91.0 Å². The van der Waals surface area contributed by atoms with Crippen LogP contribution in [0.3, 0.4) is 0 Å². The van der Waals surface area contributed by atoms with Gasteiger partial charge in [-0.05, 0) is 16.7 Å². The Morgan fingerprint density at radius 1 is 0.848 bits per heavy atom. The first kappa shape index (κ1) is 20.8. The van der Waals surface area contributed by atoms with E-state index in [4.69, 9.17) is 4.74 Å². The molecule has 2 heterocycles. The largest absolute Gasteiger partial charge is 0.467 e. The van der Waals surface area contributed by atoms with E-state index >= 15 is 0 Å². The van der Waals surface area contributed by atoms with Crippen molar-refractivity contribution in [1.82, 2.24) is 15.3 Å². The summed E-state index contributed by atoms with van der Waals surface area (Å²) in [6, 6.07) is 29.6. The standard InChI is InChI=1S/C27H21N3O2S/c31-23(30-25(20-12-6-2-7-13-20)21-14-8-3-9-15-21)16-32-26-24-22(19-10-4-1-5-11-19)17-33-27(24)29-18-28-26/h1-15,17-18,25H,16H2,(H,30,31). The molecule has 6 heteroatoms. The molecule has 0 spiro atoms. The summed E-state index contributed by atoms with van der Waals surface area (Å²) in [5.74, 6) is 0.183. The van der Waals surface area contributed by atoms with Gasteiger partial charge in [-0.25, -0.2) is 9.97 Å². The second-order valence-corrected chi connectivity index (χ2v) is 8.34. The van der Waals surface area contributed by atoms with Gasteiger partial charge in [0, 0.05) is 10.9 Å². The van der Waals surface area contributed by atoms with Crippen LogP contribution in [0.4, 0.5) is 0 Å². The van der Waals surface area contributed by atoms with E-state index in [9.17, 15) is 4.79 Å². The van der Waals surface area contributed by atoms with Gasteiger partial charge in [0.2, 0.25) is 5.88 Å². The molecule has 0 atom stereocenters. The highest BCUT2D eigenvalue weighted by molar-refractivity contribution is 7.17. The van der Waals surface area contributed by atoms with Crippen molar-refractivity contribution in [2.24, 2.45) is 0 Å². The van der Waals surface area contributed by atoms with Crippen LogP contribution in [0.25, 0.3) is 21.3 Å². The Hall–Kier alpha value is -4.03. The van der Waals surface area contributed by atoms with Crippen molar-refractivity contribution in [3.8, 4) is 17.0 Å². The third kappa shape index (κ3) is 4.61. The first-order valence-electron chi connectivity index (χ1n) is 10.6. The molecule has 33 heavy (non-hydrogen) atoms. The summed E-state index contributed by atoms with van der Waals surface area (Å²) in [4.78, 5) is 22.4. The van der Waals surface area contributed by atoms with E-state index in [-0.39, 0.29) is 18.6 Å². The lowest BCUT2D eigenvalue weighted by atomic mass is 9.99. The number of nitrogens with one attached hydrogen (secondary N) is 1. The van der Waals surface area contributed by atoms with Crippen molar-refractivity contribution in [2.75, 3.05) is 6.61 Å². The summed E-state index contributed by atoms with van der Waals surface area (Å²) in [7, 11) is 0. The summed E-state index contributed by atoms with van der Waals surface area (Å²) >= 11 is 1.53. The van der Waals surface area contributed by atoms with Gasteiger partial charge >= 0.3 is 0 Å². The number of ether oxygens (including phenoxy) is 1. The Morgan fingerprint density at radius 2 is 1.45 bits per heavy atom. The molecule has 5 rings (SSSR count). The van der Waals surface area contributed by atoms with Gasteiger partial charge in [0.05, 0.1) is 11.4 Å². The summed E-state index contributed by atoms with van der Waals surface area (Å²) in [5.41, 5.74) is 4.07. The fourth-order valence-electron chi connectivity index (χ4n) is 3.77. The van der Waals surface area contributed by atoms with Crippen LogP contribution in [0, 0.1) is 0 Å². The molecule has 162 valence electrons. The summed E-state index contributed by atoms with van der Waals surface area (Å²) in [5, 5.41) is 5.97. The first-order chi connectivity index (χ1) is 16.3. The van der Waals surface area contributed by atoms with Gasteiger partial charge in [-0.3, -0.25) is 4.79 Å². The van der Waals surface area contributed by atoms with E-state index in [0.29, 0.717) is 5.88 Å². The van der Waals surface area contributed by atoms with Crippen LogP contribution in [0.1, 0.15) is 17.2 Å². The molecule has 0 bridgehead atoms. The van der Waals surface area contributed by atoms with Crippen LogP contribution in [0.5, 0.6) is 5.88 Å². The van der Waals surface area contributed by atoms with Gasteiger partial charge in [0.25, 0.3) is 5.91 Å². The molecule has 2 aromatic heterocycles. The van der Waals surface area contributed by atoms with Crippen LogP contribution >= 0.6 is 11.3 Å². The Labute approximate surface area is 195 Å². The van der Waals surface area contributed by atoms with E-state index in [1.165, 1.54) is 17.7 Å². The van der Waals surface area contributed by atoms with E-state index < -0.39 is 0 Å². The maximum Gasteiger partial charge on any atom is 0.258 e. The number of nitrogens with zero attached hydrogens (tertiary/aromatic N) is 2. The molecular formula is C27H21N3O2S. The van der Waals surface area contributed by atoms with Crippen molar-refractivity contribution in [1.29, 1.82) is 0 Å². The van der Waals surface area contributed by atoms with Gasteiger partial charge in [0.15, 0.2) is 6.61 Å². The highest BCUT2D eigenvalue weighted by Gasteiger charge is 2.19. The minimum Gasteiger partial charge on any atom is -0.467 e.